The molecule has 1 aliphatic rings. The van der Waals surface area contributed by atoms with Crippen molar-refractivity contribution in [3.63, 3.8) is 0 Å². The molecule has 1 rings (SSSR count). The molecular weight excluding hydrogens is 210 g/mol. The largest absolute Gasteiger partial charge is 0.379 e. The van der Waals surface area contributed by atoms with Crippen molar-refractivity contribution in [3.05, 3.63) is 0 Å². The third kappa shape index (κ3) is 6.42. The summed E-state index contributed by atoms with van der Waals surface area (Å²) in [5.74, 6) is 0. The number of ether oxygens (including phenoxy) is 1. The van der Waals surface area contributed by atoms with Crippen LogP contribution in [0.1, 0.15) is 65.2 Å². The first-order valence-corrected chi connectivity index (χ1v) is 7.70. The van der Waals surface area contributed by atoms with Crippen molar-refractivity contribution in [1.29, 1.82) is 0 Å². The van der Waals surface area contributed by atoms with Crippen LogP contribution in [-0.2, 0) is 4.74 Å². The van der Waals surface area contributed by atoms with Crippen LogP contribution in [0.5, 0.6) is 0 Å². The predicted molar refractivity (Wildman–Crippen MR) is 74.5 cm³/mol. The summed E-state index contributed by atoms with van der Waals surface area (Å²) in [6, 6.07) is 0.831. The van der Waals surface area contributed by atoms with Gasteiger partial charge in [0, 0.05) is 19.1 Å². The Morgan fingerprint density at radius 3 is 1.88 bits per heavy atom. The molecule has 0 radical (unpaired) electrons. The minimum absolute atomic E-state index is 0.831. The van der Waals surface area contributed by atoms with Gasteiger partial charge in [-0.2, -0.15) is 0 Å². The van der Waals surface area contributed by atoms with Gasteiger partial charge in [-0.15, -0.1) is 0 Å². The van der Waals surface area contributed by atoms with E-state index < -0.39 is 0 Å². The lowest BCUT2D eigenvalue weighted by Crippen LogP contribution is -2.43. The average Bonchev–Trinajstić information content (AvgIpc) is 2.38. The first kappa shape index (κ1) is 15.0. The number of nitrogens with zero attached hydrogens (tertiary/aromatic N) is 1. The van der Waals surface area contributed by atoms with Crippen LogP contribution >= 0.6 is 0 Å². The predicted octanol–water partition coefficient (Wildman–Crippen LogP) is 3.85. The lowest BCUT2D eigenvalue weighted by atomic mass is 10.00. The summed E-state index contributed by atoms with van der Waals surface area (Å²) >= 11 is 0. The molecule has 1 fully saturated rings. The van der Waals surface area contributed by atoms with E-state index in [1.807, 2.05) is 0 Å². The summed E-state index contributed by atoms with van der Waals surface area (Å²) in [5.41, 5.74) is 0. The van der Waals surface area contributed by atoms with E-state index in [9.17, 15) is 0 Å². The van der Waals surface area contributed by atoms with E-state index in [2.05, 4.69) is 18.7 Å². The van der Waals surface area contributed by atoms with E-state index in [1.54, 1.807) is 0 Å². The first-order chi connectivity index (χ1) is 8.38. The van der Waals surface area contributed by atoms with Crippen molar-refractivity contribution in [2.75, 3.05) is 26.3 Å². The average molecular weight is 241 g/mol. The molecule has 2 nitrogen and oxygen atoms in total. The third-order valence-electron chi connectivity index (χ3n) is 3.84. The highest BCUT2D eigenvalue weighted by Crippen LogP contribution is 2.18. The summed E-state index contributed by atoms with van der Waals surface area (Å²) in [6.07, 6.45) is 11.1. The molecule has 0 aromatic carbocycles. The maximum Gasteiger partial charge on any atom is 0.0594 e. The summed E-state index contributed by atoms with van der Waals surface area (Å²) in [4.78, 5) is 2.68. The van der Waals surface area contributed by atoms with E-state index >= 15 is 0 Å². The van der Waals surface area contributed by atoms with Gasteiger partial charge in [-0.1, -0.05) is 52.4 Å². The molecule has 0 aromatic heterocycles. The minimum Gasteiger partial charge on any atom is -0.379 e. The highest BCUT2D eigenvalue weighted by atomic mass is 16.5. The second kappa shape index (κ2) is 9.90. The third-order valence-corrected chi connectivity index (χ3v) is 3.84. The molecule has 1 aliphatic heterocycles. The highest BCUT2D eigenvalue weighted by molar-refractivity contribution is 4.74. The van der Waals surface area contributed by atoms with Crippen LogP contribution in [-0.4, -0.2) is 37.2 Å². The fourth-order valence-electron chi connectivity index (χ4n) is 2.71. The van der Waals surface area contributed by atoms with Crippen molar-refractivity contribution in [3.8, 4) is 0 Å². The van der Waals surface area contributed by atoms with Gasteiger partial charge in [0.25, 0.3) is 0 Å². The van der Waals surface area contributed by atoms with Gasteiger partial charge in [0.1, 0.15) is 0 Å². The normalized spacial score (nSPS) is 17.8. The Balaban J connectivity index is 2.27. The van der Waals surface area contributed by atoms with Crippen LogP contribution in [0.4, 0.5) is 0 Å². The highest BCUT2D eigenvalue weighted by Gasteiger charge is 2.19. The lowest BCUT2D eigenvalue weighted by Gasteiger charge is -2.34. The summed E-state index contributed by atoms with van der Waals surface area (Å²) in [7, 11) is 0. The van der Waals surface area contributed by atoms with Crippen LogP contribution in [0.3, 0.4) is 0 Å². The maximum atomic E-state index is 5.46. The van der Waals surface area contributed by atoms with Crippen LogP contribution in [0.25, 0.3) is 0 Å². The summed E-state index contributed by atoms with van der Waals surface area (Å²) in [5, 5.41) is 0. The molecule has 102 valence electrons. The van der Waals surface area contributed by atoms with Crippen molar-refractivity contribution in [2.24, 2.45) is 0 Å². The van der Waals surface area contributed by atoms with Crippen molar-refractivity contribution >= 4 is 0 Å². The molecule has 1 heterocycles. The molecule has 0 aromatic rings. The zero-order chi connectivity index (χ0) is 12.3. The number of hydrogen-bond acceptors (Lipinski definition) is 2. The minimum atomic E-state index is 0.831. The topological polar surface area (TPSA) is 12.5 Å². The van der Waals surface area contributed by atoms with Gasteiger partial charge < -0.3 is 4.74 Å². The molecule has 0 N–H and O–H groups in total. The Kier molecular flexibility index (Phi) is 8.72. The smallest absolute Gasteiger partial charge is 0.0594 e. The summed E-state index contributed by atoms with van der Waals surface area (Å²) < 4.78 is 5.46. The van der Waals surface area contributed by atoms with Gasteiger partial charge in [0.2, 0.25) is 0 Å². The van der Waals surface area contributed by atoms with Crippen LogP contribution < -0.4 is 0 Å². The van der Waals surface area contributed by atoms with E-state index in [0.717, 1.165) is 32.3 Å². The molecule has 0 unspecified atom stereocenters. The number of hydrogen-bond donors (Lipinski definition) is 0. The van der Waals surface area contributed by atoms with Crippen molar-refractivity contribution in [2.45, 2.75) is 71.3 Å². The Morgan fingerprint density at radius 2 is 1.41 bits per heavy atom. The van der Waals surface area contributed by atoms with E-state index in [1.165, 1.54) is 51.4 Å². The zero-order valence-corrected chi connectivity index (χ0v) is 11.9. The lowest BCUT2D eigenvalue weighted by molar-refractivity contribution is 0.0119. The Labute approximate surface area is 108 Å². The molecule has 0 saturated carbocycles. The standard InChI is InChI=1S/C15H31NO/c1-3-5-7-9-15(10-8-6-4-2)16-11-13-17-14-12-16/h15H,3-14H2,1-2H3. The Hall–Kier alpha value is -0.0800. The van der Waals surface area contributed by atoms with Gasteiger partial charge in [-0.25, -0.2) is 0 Å². The molecule has 0 atom stereocenters. The SMILES string of the molecule is CCCCCC(CCCCC)N1CCOCC1. The molecule has 17 heavy (non-hydrogen) atoms. The second-order valence-corrected chi connectivity index (χ2v) is 5.29. The molecular formula is C15H31NO. The van der Waals surface area contributed by atoms with Gasteiger partial charge in [0.05, 0.1) is 13.2 Å². The molecule has 0 aliphatic carbocycles. The maximum absolute atomic E-state index is 5.46. The molecule has 0 spiro atoms. The molecule has 0 amide bonds. The van der Waals surface area contributed by atoms with E-state index in [4.69, 9.17) is 4.74 Å². The molecule has 1 saturated heterocycles. The van der Waals surface area contributed by atoms with Crippen LogP contribution in [0.2, 0.25) is 0 Å². The fraction of sp³-hybridized carbons (Fsp3) is 1.00. The van der Waals surface area contributed by atoms with Crippen LogP contribution in [0, 0.1) is 0 Å². The van der Waals surface area contributed by atoms with Crippen molar-refractivity contribution < 1.29 is 4.74 Å². The summed E-state index contributed by atoms with van der Waals surface area (Å²) in [6.45, 7) is 8.78. The van der Waals surface area contributed by atoms with E-state index in [0.29, 0.717) is 0 Å². The second-order valence-electron chi connectivity index (χ2n) is 5.29. The number of rotatable bonds is 9. The fourth-order valence-corrected chi connectivity index (χ4v) is 2.71. The van der Waals surface area contributed by atoms with Gasteiger partial charge in [-0.05, 0) is 12.8 Å². The molecule has 0 bridgehead atoms. The van der Waals surface area contributed by atoms with Gasteiger partial charge >= 0.3 is 0 Å². The Morgan fingerprint density at radius 1 is 0.882 bits per heavy atom. The molecule has 2 heteroatoms. The quantitative estimate of drug-likeness (QED) is 0.569. The number of morpholine rings is 1. The van der Waals surface area contributed by atoms with Crippen LogP contribution in [0.15, 0.2) is 0 Å². The Bertz CT molecular complexity index is 156. The monoisotopic (exact) mass is 241 g/mol. The van der Waals surface area contributed by atoms with E-state index in [-0.39, 0.29) is 0 Å². The first-order valence-electron chi connectivity index (χ1n) is 7.70. The zero-order valence-electron chi connectivity index (χ0n) is 11.9. The number of unbranched alkanes of at least 4 members (excludes halogenated alkanes) is 4. The van der Waals surface area contributed by atoms with Gasteiger partial charge in [-0.3, -0.25) is 4.90 Å². The van der Waals surface area contributed by atoms with Crippen molar-refractivity contribution in [1.82, 2.24) is 4.90 Å². The van der Waals surface area contributed by atoms with Gasteiger partial charge in [0.15, 0.2) is 0 Å².